The predicted octanol–water partition coefficient (Wildman–Crippen LogP) is 5.36. The van der Waals surface area contributed by atoms with Gasteiger partial charge in [-0.2, -0.15) is 4.31 Å². The lowest BCUT2D eigenvalue weighted by Gasteiger charge is -2.38. The van der Waals surface area contributed by atoms with E-state index >= 15 is 0 Å². The summed E-state index contributed by atoms with van der Waals surface area (Å²) in [4.78, 5) is 18.1. The van der Waals surface area contributed by atoms with Gasteiger partial charge in [0.25, 0.3) is 0 Å². The molecule has 46 heavy (non-hydrogen) atoms. The summed E-state index contributed by atoms with van der Waals surface area (Å²) in [6, 6.07) is 16.4. The lowest BCUT2D eigenvalue weighted by molar-refractivity contribution is -0.140. The Kier molecular flexibility index (Phi) is 12.1. The topological polar surface area (TPSA) is 84.3 Å². The molecule has 0 spiro atoms. The third kappa shape index (κ3) is 8.20. The molecule has 1 atom stereocenters. The standard InChI is InChI=1S/C36H52N4O5S/c1-26(2)23-38(46(42,43)36-27(3)22-34(44-8)28(4)29(36)5)20-21-45-25-35(41)40-19-18-39-31(24-37(6)7)15-17-32(39)33(40)16-14-30-12-10-9-11-13-30/h9-13,15,17,22,26,33H,14,16,18-21,23-25H2,1-8H3. The maximum absolute atomic E-state index is 14.0. The van der Waals surface area contributed by atoms with Crippen LogP contribution < -0.4 is 4.74 Å². The molecule has 0 aliphatic carbocycles. The molecule has 1 aliphatic rings. The molecule has 3 aromatic rings. The number of amides is 1. The molecular weight excluding hydrogens is 600 g/mol. The normalized spacial score (nSPS) is 15.2. The van der Waals surface area contributed by atoms with Crippen LogP contribution in [0, 0.1) is 26.7 Å². The first-order valence-electron chi connectivity index (χ1n) is 16.2. The van der Waals surface area contributed by atoms with Crippen molar-refractivity contribution in [2.75, 3.05) is 54.1 Å². The van der Waals surface area contributed by atoms with E-state index in [-0.39, 0.29) is 37.6 Å². The maximum Gasteiger partial charge on any atom is 0.249 e. The number of methoxy groups -OCH3 is 1. The van der Waals surface area contributed by atoms with Crippen molar-refractivity contribution in [3.05, 3.63) is 82.2 Å². The monoisotopic (exact) mass is 652 g/mol. The molecule has 1 amide bonds. The molecule has 1 aromatic heterocycles. The van der Waals surface area contributed by atoms with Gasteiger partial charge in [0.1, 0.15) is 12.4 Å². The molecule has 9 nitrogen and oxygen atoms in total. The fourth-order valence-electron chi connectivity index (χ4n) is 6.51. The third-order valence-corrected chi connectivity index (χ3v) is 11.0. The molecule has 0 saturated carbocycles. The van der Waals surface area contributed by atoms with Crippen molar-refractivity contribution >= 4 is 15.9 Å². The molecule has 0 fully saturated rings. The Bertz CT molecular complexity index is 1580. The van der Waals surface area contributed by atoms with E-state index in [2.05, 4.69) is 47.8 Å². The van der Waals surface area contributed by atoms with Crippen molar-refractivity contribution < 1.29 is 22.7 Å². The van der Waals surface area contributed by atoms with Gasteiger partial charge in [-0.1, -0.05) is 44.2 Å². The molecule has 0 saturated heterocycles. The number of nitrogens with zero attached hydrogens (tertiary/aromatic N) is 4. The lowest BCUT2D eigenvalue weighted by Crippen LogP contribution is -2.44. The van der Waals surface area contributed by atoms with Gasteiger partial charge in [0.2, 0.25) is 15.9 Å². The number of fused-ring (bicyclic) bond motifs is 1. The highest BCUT2D eigenvalue weighted by Gasteiger charge is 2.33. The molecule has 4 rings (SSSR count). The minimum Gasteiger partial charge on any atom is -0.496 e. The van der Waals surface area contributed by atoms with Crippen molar-refractivity contribution in [1.29, 1.82) is 0 Å². The highest BCUT2D eigenvalue weighted by Crippen LogP contribution is 2.34. The molecule has 10 heteroatoms. The first-order valence-corrected chi connectivity index (χ1v) is 17.7. The van der Waals surface area contributed by atoms with Crippen molar-refractivity contribution in [3.63, 3.8) is 0 Å². The molecule has 1 aliphatic heterocycles. The fourth-order valence-corrected chi connectivity index (χ4v) is 8.58. The minimum atomic E-state index is -3.81. The second kappa shape index (κ2) is 15.6. The van der Waals surface area contributed by atoms with Gasteiger partial charge in [0.05, 0.1) is 24.7 Å². The Morgan fingerprint density at radius 2 is 1.74 bits per heavy atom. The summed E-state index contributed by atoms with van der Waals surface area (Å²) < 4.78 is 43.3. The number of hydrogen-bond donors (Lipinski definition) is 0. The Balaban J connectivity index is 1.46. The zero-order valence-corrected chi connectivity index (χ0v) is 29.7. The Morgan fingerprint density at radius 1 is 1.02 bits per heavy atom. The van der Waals surface area contributed by atoms with Gasteiger partial charge in [0.15, 0.2) is 0 Å². The second-order valence-electron chi connectivity index (χ2n) is 13.1. The van der Waals surface area contributed by atoms with Gasteiger partial charge in [-0.25, -0.2) is 8.42 Å². The Morgan fingerprint density at radius 3 is 2.39 bits per heavy atom. The quantitative estimate of drug-likeness (QED) is 0.206. The van der Waals surface area contributed by atoms with E-state index in [1.165, 1.54) is 15.6 Å². The first kappa shape index (κ1) is 35.7. The zero-order valence-electron chi connectivity index (χ0n) is 28.9. The number of sulfonamides is 1. The van der Waals surface area contributed by atoms with Crippen molar-refractivity contribution in [1.82, 2.24) is 18.7 Å². The van der Waals surface area contributed by atoms with Gasteiger partial charge in [-0.15, -0.1) is 0 Å². The molecule has 1 unspecified atom stereocenters. The van der Waals surface area contributed by atoms with Crippen molar-refractivity contribution in [2.24, 2.45) is 5.92 Å². The van der Waals surface area contributed by atoms with Crippen LogP contribution in [0.5, 0.6) is 5.75 Å². The highest BCUT2D eigenvalue weighted by molar-refractivity contribution is 7.89. The number of aromatic nitrogens is 1. The van der Waals surface area contributed by atoms with E-state index in [1.807, 2.05) is 50.8 Å². The molecule has 2 heterocycles. The van der Waals surface area contributed by atoms with E-state index in [0.29, 0.717) is 34.9 Å². The Labute approximate surface area is 276 Å². The van der Waals surface area contributed by atoms with E-state index in [0.717, 1.165) is 37.2 Å². The number of carbonyl (C=O) groups is 1. The summed E-state index contributed by atoms with van der Waals surface area (Å²) >= 11 is 0. The van der Waals surface area contributed by atoms with E-state index in [4.69, 9.17) is 9.47 Å². The smallest absolute Gasteiger partial charge is 0.249 e. The number of aryl methyl sites for hydroxylation is 2. The number of ether oxygens (including phenoxy) is 2. The summed E-state index contributed by atoms with van der Waals surface area (Å²) in [6.07, 6.45) is 1.66. The second-order valence-corrected chi connectivity index (χ2v) is 14.9. The minimum absolute atomic E-state index is 0.0666. The maximum atomic E-state index is 14.0. The molecule has 0 N–H and O–H groups in total. The van der Waals surface area contributed by atoms with Crippen LogP contribution in [0.4, 0.5) is 0 Å². The van der Waals surface area contributed by atoms with Crippen LogP contribution in [0.1, 0.15) is 60.0 Å². The molecule has 2 aromatic carbocycles. The SMILES string of the molecule is COc1cc(C)c(S(=O)(=O)N(CCOCC(=O)N2CCn3c(CN(C)C)ccc3C2CCc2ccccc2)CC(C)C)c(C)c1C. The van der Waals surface area contributed by atoms with Gasteiger partial charge in [0, 0.05) is 44.1 Å². The van der Waals surface area contributed by atoms with E-state index in [1.54, 1.807) is 20.1 Å². The molecule has 252 valence electrons. The van der Waals surface area contributed by atoms with Crippen LogP contribution in [0.2, 0.25) is 0 Å². The summed E-state index contributed by atoms with van der Waals surface area (Å²) in [5, 5.41) is 0. The van der Waals surface area contributed by atoms with Crippen LogP contribution in [-0.4, -0.2) is 87.1 Å². The van der Waals surface area contributed by atoms with E-state index in [9.17, 15) is 13.2 Å². The fraction of sp³-hybridized carbons (Fsp3) is 0.528. The average Bonchev–Trinajstić information content (AvgIpc) is 3.41. The predicted molar refractivity (Wildman–Crippen MR) is 183 cm³/mol. The number of benzene rings is 2. The van der Waals surface area contributed by atoms with Gasteiger partial charge in [-0.3, -0.25) is 4.79 Å². The van der Waals surface area contributed by atoms with Crippen LogP contribution in [0.25, 0.3) is 0 Å². The zero-order chi connectivity index (χ0) is 33.6. The van der Waals surface area contributed by atoms with Crippen LogP contribution in [-0.2, 0) is 39.1 Å². The molecular formula is C36H52N4O5S. The highest BCUT2D eigenvalue weighted by atomic mass is 32.2. The van der Waals surface area contributed by atoms with Crippen LogP contribution >= 0.6 is 0 Å². The number of hydrogen-bond acceptors (Lipinski definition) is 6. The molecule has 0 bridgehead atoms. The lowest BCUT2D eigenvalue weighted by atomic mass is 10.00. The van der Waals surface area contributed by atoms with E-state index < -0.39 is 10.0 Å². The largest absolute Gasteiger partial charge is 0.496 e. The summed E-state index contributed by atoms with van der Waals surface area (Å²) in [7, 11) is 1.91. The van der Waals surface area contributed by atoms with Gasteiger partial charge in [-0.05, 0) is 94.1 Å². The van der Waals surface area contributed by atoms with Crippen molar-refractivity contribution in [3.8, 4) is 5.75 Å². The van der Waals surface area contributed by atoms with Crippen molar-refractivity contribution in [2.45, 2.75) is 71.5 Å². The van der Waals surface area contributed by atoms with Crippen LogP contribution in [0.3, 0.4) is 0 Å². The summed E-state index contributed by atoms with van der Waals surface area (Å²) in [5.74, 6) is 0.714. The third-order valence-electron chi connectivity index (χ3n) is 8.81. The number of carbonyl (C=O) groups excluding carboxylic acids is 1. The van der Waals surface area contributed by atoms with Crippen LogP contribution in [0.15, 0.2) is 53.4 Å². The molecule has 0 radical (unpaired) electrons. The van der Waals surface area contributed by atoms with Gasteiger partial charge < -0.3 is 23.8 Å². The summed E-state index contributed by atoms with van der Waals surface area (Å²) in [5.41, 5.74) is 5.79. The first-order chi connectivity index (χ1) is 21.8. The van der Waals surface area contributed by atoms with Gasteiger partial charge >= 0.3 is 0 Å². The average molecular weight is 653 g/mol. The summed E-state index contributed by atoms with van der Waals surface area (Å²) in [6.45, 7) is 12.2. The number of rotatable bonds is 15. The Hall–Kier alpha value is -3.18.